The lowest BCUT2D eigenvalue weighted by Gasteiger charge is -2.15. The number of fused-ring (bicyclic) bond motifs is 2. The zero-order chi connectivity index (χ0) is 19.2. The Kier molecular flexibility index (Phi) is 3.80. The van der Waals surface area contributed by atoms with Crippen molar-refractivity contribution in [1.29, 1.82) is 0 Å². The van der Waals surface area contributed by atoms with Crippen LogP contribution in [0.15, 0.2) is 36.4 Å². The van der Waals surface area contributed by atoms with E-state index in [-0.39, 0.29) is 21.7 Å². The minimum Gasteiger partial charge on any atom is -0.478 e. The SMILES string of the molecule is O=C(O)c1ccc2c(C(=O)O)c3ccccc3c(C(=O)O)c2c1C(=O)O. The Balaban J connectivity index is 2.78. The van der Waals surface area contributed by atoms with E-state index < -0.39 is 46.0 Å². The molecular weight excluding hydrogens is 344 g/mol. The van der Waals surface area contributed by atoms with Crippen LogP contribution < -0.4 is 0 Å². The molecule has 8 heteroatoms. The van der Waals surface area contributed by atoms with E-state index in [0.717, 1.165) is 12.1 Å². The number of carbonyl (C=O) groups is 4. The summed E-state index contributed by atoms with van der Waals surface area (Å²) in [5.41, 5.74) is -2.14. The van der Waals surface area contributed by atoms with Crippen molar-refractivity contribution in [2.24, 2.45) is 0 Å². The molecule has 130 valence electrons. The maximum atomic E-state index is 11.9. The molecule has 3 aromatic rings. The number of benzene rings is 3. The van der Waals surface area contributed by atoms with Crippen molar-refractivity contribution in [3.8, 4) is 0 Å². The molecule has 0 aromatic heterocycles. The number of aromatic carboxylic acids is 4. The maximum Gasteiger partial charge on any atom is 0.337 e. The first kappa shape index (κ1) is 16.9. The molecule has 0 aliphatic rings. The molecule has 0 spiro atoms. The molecule has 0 saturated carbocycles. The lowest BCUT2D eigenvalue weighted by molar-refractivity contribution is 0.0652. The fourth-order valence-corrected chi connectivity index (χ4v) is 3.12. The quantitative estimate of drug-likeness (QED) is 0.522. The fourth-order valence-electron chi connectivity index (χ4n) is 3.12. The van der Waals surface area contributed by atoms with Gasteiger partial charge in [-0.2, -0.15) is 0 Å². The third-order valence-electron chi connectivity index (χ3n) is 4.06. The summed E-state index contributed by atoms with van der Waals surface area (Å²) in [5, 5.41) is 37.6. The molecule has 0 heterocycles. The van der Waals surface area contributed by atoms with E-state index in [9.17, 15) is 39.6 Å². The maximum absolute atomic E-state index is 11.9. The van der Waals surface area contributed by atoms with Gasteiger partial charge in [0.15, 0.2) is 0 Å². The predicted molar refractivity (Wildman–Crippen MR) is 89.3 cm³/mol. The number of rotatable bonds is 4. The minimum absolute atomic E-state index is 0.00920. The predicted octanol–water partition coefficient (Wildman–Crippen LogP) is 2.79. The summed E-state index contributed by atoms with van der Waals surface area (Å²) in [5.74, 6) is -6.11. The van der Waals surface area contributed by atoms with Gasteiger partial charge in [-0.25, -0.2) is 19.2 Å². The Bertz CT molecular complexity index is 1140. The summed E-state index contributed by atoms with van der Waals surface area (Å²) < 4.78 is 0. The summed E-state index contributed by atoms with van der Waals surface area (Å²) in [6.07, 6.45) is 0. The summed E-state index contributed by atoms with van der Waals surface area (Å²) in [4.78, 5) is 46.8. The van der Waals surface area contributed by atoms with E-state index in [1.807, 2.05) is 0 Å². The number of hydrogen-bond acceptors (Lipinski definition) is 4. The van der Waals surface area contributed by atoms with Gasteiger partial charge in [0.1, 0.15) is 0 Å². The van der Waals surface area contributed by atoms with Gasteiger partial charge >= 0.3 is 23.9 Å². The largest absolute Gasteiger partial charge is 0.478 e. The molecule has 0 aliphatic heterocycles. The van der Waals surface area contributed by atoms with Crippen molar-refractivity contribution in [2.75, 3.05) is 0 Å². The second-order valence-corrected chi connectivity index (χ2v) is 5.43. The lowest BCUT2D eigenvalue weighted by atomic mass is 9.87. The van der Waals surface area contributed by atoms with Gasteiger partial charge in [-0.3, -0.25) is 0 Å². The van der Waals surface area contributed by atoms with Gasteiger partial charge in [-0.05, 0) is 22.2 Å². The van der Waals surface area contributed by atoms with Gasteiger partial charge < -0.3 is 20.4 Å². The van der Waals surface area contributed by atoms with Crippen LogP contribution in [0.5, 0.6) is 0 Å². The van der Waals surface area contributed by atoms with Crippen LogP contribution in [0, 0.1) is 0 Å². The molecule has 0 amide bonds. The van der Waals surface area contributed by atoms with Crippen LogP contribution in [-0.4, -0.2) is 44.3 Å². The van der Waals surface area contributed by atoms with Gasteiger partial charge in [0.25, 0.3) is 0 Å². The first-order chi connectivity index (χ1) is 12.3. The Morgan fingerprint density at radius 2 is 1.04 bits per heavy atom. The average molecular weight is 354 g/mol. The molecule has 0 fully saturated rings. The average Bonchev–Trinajstić information content (AvgIpc) is 2.57. The zero-order valence-electron chi connectivity index (χ0n) is 12.9. The molecule has 3 aromatic carbocycles. The normalized spacial score (nSPS) is 10.8. The topological polar surface area (TPSA) is 149 Å². The molecule has 0 saturated heterocycles. The third kappa shape index (κ3) is 2.32. The Labute approximate surface area is 144 Å². The highest BCUT2D eigenvalue weighted by atomic mass is 16.4. The second kappa shape index (κ2) is 5.85. The van der Waals surface area contributed by atoms with Gasteiger partial charge in [0, 0.05) is 5.39 Å². The van der Waals surface area contributed by atoms with Crippen LogP contribution in [0.2, 0.25) is 0 Å². The van der Waals surface area contributed by atoms with E-state index >= 15 is 0 Å². The lowest BCUT2D eigenvalue weighted by Crippen LogP contribution is -2.13. The standard InChI is InChI=1S/C18H10O8/c19-15(20)10-6-5-9-11(16(21)22)7-3-1-2-4-8(7)13(17(23)24)12(9)14(10)18(25)26/h1-6H,(H,19,20)(H,21,22)(H,23,24)(H,25,26). The van der Waals surface area contributed by atoms with Crippen LogP contribution >= 0.6 is 0 Å². The number of carboxylic acid groups (broad SMARTS) is 4. The van der Waals surface area contributed by atoms with Crippen molar-refractivity contribution in [3.63, 3.8) is 0 Å². The van der Waals surface area contributed by atoms with Gasteiger partial charge in [0.05, 0.1) is 22.3 Å². The van der Waals surface area contributed by atoms with E-state index in [2.05, 4.69) is 0 Å². The van der Waals surface area contributed by atoms with Crippen LogP contribution in [0.3, 0.4) is 0 Å². The monoisotopic (exact) mass is 354 g/mol. The van der Waals surface area contributed by atoms with Crippen LogP contribution in [-0.2, 0) is 0 Å². The van der Waals surface area contributed by atoms with Gasteiger partial charge in [-0.15, -0.1) is 0 Å². The number of carboxylic acids is 4. The molecular formula is C18H10O8. The molecule has 0 bridgehead atoms. The van der Waals surface area contributed by atoms with E-state index in [4.69, 9.17) is 0 Å². The Morgan fingerprint density at radius 3 is 1.50 bits per heavy atom. The molecule has 26 heavy (non-hydrogen) atoms. The van der Waals surface area contributed by atoms with Crippen LogP contribution in [0.1, 0.15) is 41.4 Å². The third-order valence-corrected chi connectivity index (χ3v) is 4.06. The minimum atomic E-state index is -1.66. The van der Waals surface area contributed by atoms with Crippen molar-refractivity contribution < 1.29 is 39.6 Å². The van der Waals surface area contributed by atoms with E-state index in [1.165, 1.54) is 24.3 Å². The number of hydrogen-bond donors (Lipinski definition) is 4. The molecule has 0 unspecified atom stereocenters. The highest BCUT2D eigenvalue weighted by Gasteiger charge is 2.28. The molecule has 4 N–H and O–H groups in total. The molecule has 0 atom stereocenters. The van der Waals surface area contributed by atoms with E-state index in [0.29, 0.717) is 0 Å². The van der Waals surface area contributed by atoms with Crippen molar-refractivity contribution in [1.82, 2.24) is 0 Å². The fraction of sp³-hybridized carbons (Fsp3) is 0. The summed E-state index contributed by atoms with van der Waals surface area (Å²) >= 11 is 0. The summed E-state index contributed by atoms with van der Waals surface area (Å²) in [7, 11) is 0. The van der Waals surface area contributed by atoms with Crippen LogP contribution in [0.4, 0.5) is 0 Å². The highest BCUT2D eigenvalue weighted by molar-refractivity contribution is 6.28. The Morgan fingerprint density at radius 1 is 0.538 bits per heavy atom. The molecule has 8 nitrogen and oxygen atoms in total. The Hall–Kier alpha value is -3.94. The van der Waals surface area contributed by atoms with E-state index in [1.54, 1.807) is 0 Å². The highest BCUT2D eigenvalue weighted by Crippen LogP contribution is 2.36. The van der Waals surface area contributed by atoms with Crippen molar-refractivity contribution >= 4 is 45.4 Å². The smallest absolute Gasteiger partial charge is 0.337 e. The zero-order valence-corrected chi connectivity index (χ0v) is 12.9. The molecule has 3 rings (SSSR count). The van der Waals surface area contributed by atoms with Gasteiger partial charge in [-0.1, -0.05) is 30.3 Å². The van der Waals surface area contributed by atoms with Gasteiger partial charge in [0.2, 0.25) is 0 Å². The first-order valence-corrected chi connectivity index (χ1v) is 7.20. The van der Waals surface area contributed by atoms with Crippen molar-refractivity contribution in [3.05, 3.63) is 58.7 Å². The summed E-state index contributed by atoms with van der Waals surface area (Å²) in [6.45, 7) is 0. The summed E-state index contributed by atoms with van der Waals surface area (Å²) in [6, 6.07) is 7.85. The second-order valence-electron chi connectivity index (χ2n) is 5.43. The first-order valence-electron chi connectivity index (χ1n) is 7.20. The van der Waals surface area contributed by atoms with Crippen LogP contribution in [0.25, 0.3) is 21.5 Å². The van der Waals surface area contributed by atoms with Crippen molar-refractivity contribution in [2.45, 2.75) is 0 Å². The molecule has 0 aliphatic carbocycles. The molecule has 0 radical (unpaired) electrons.